The molecule has 1 heterocycles. The highest BCUT2D eigenvalue weighted by Crippen LogP contribution is 2.28. The highest BCUT2D eigenvalue weighted by molar-refractivity contribution is 6.08. The Morgan fingerprint density at radius 2 is 1.77 bits per heavy atom. The summed E-state index contributed by atoms with van der Waals surface area (Å²) in [5.74, 6) is -1.68. The van der Waals surface area contributed by atoms with Crippen LogP contribution in [0, 0.1) is 0 Å². The molecule has 1 saturated heterocycles. The first kappa shape index (κ1) is 19.4. The van der Waals surface area contributed by atoms with Crippen molar-refractivity contribution >= 4 is 23.8 Å². The third kappa shape index (κ3) is 3.84. The van der Waals surface area contributed by atoms with Gasteiger partial charge >= 0.3 is 12.0 Å². The standard InChI is InChI=1S/C18H23N3O5/c1-4-20(5-2)14(22)12-26-15(23)11-21-16(24)18(3,19-17(21)25)13-9-7-6-8-10-13/h6-10H,4-5,11-12H2,1-3H3,(H,19,25)/t18-/m1/s1. The summed E-state index contributed by atoms with van der Waals surface area (Å²) in [6, 6.07) is 8.10. The number of esters is 1. The van der Waals surface area contributed by atoms with Gasteiger partial charge < -0.3 is 15.0 Å². The minimum atomic E-state index is -1.24. The zero-order valence-electron chi connectivity index (χ0n) is 15.2. The molecule has 1 aromatic rings. The second kappa shape index (κ2) is 7.99. The van der Waals surface area contributed by atoms with Crippen molar-refractivity contribution in [3.8, 4) is 0 Å². The van der Waals surface area contributed by atoms with E-state index in [-0.39, 0.29) is 5.91 Å². The van der Waals surface area contributed by atoms with Gasteiger partial charge in [-0.05, 0) is 26.3 Å². The predicted octanol–water partition coefficient (Wildman–Crippen LogP) is 0.865. The van der Waals surface area contributed by atoms with Gasteiger partial charge in [0.25, 0.3) is 11.8 Å². The van der Waals surface area contributed by atoms with Gasteiger partial charge in [-0.1, -0.05) is 30.3 Å². The van der Waals surface area contributed by atoms with Gasteiger partial charge in [-0.15, -0.1) is 0 Å². The van der Waals surface area contributed by atoms with Crippen LogP contribution in [-0.2, 0) is 24.7 Å². The normalized spacial score (nSPS) is 19.3. The van der Waals surface area contributed by atoms with Gasteiger partial charge in [0.05, 0.1) is 0 Å². The molecule has 26 heavy (non-hydrogen) atoms. The van der Waals surface area contributed by atoms with E-state index in [1.807, 2.05) is 13.8 Å². The van der Waals surface area contributed by atoms with Crippen LogP contribution in [0.2, 0.25) is 0 Å². The molecule has 0 unspecified atom stereocenters. The molecular formula is C18H23N3O5. The van der Waals surface area contributed by atoms with Gasteiger partial charge in [0.2, 0.25) is 0 Å². The number of carbonyl (C=O) groups is 4. The second-order valence-electron chi connectivity index (χ2n) is 6.04. The number of nitrogens with one attached hydrogen (secondary N) is 1. The Bertz CT molecular complexity index is 702. The summed E-state index contributed by atoms with van der Waals surface area (Å²) >= 11 is 0. The molecule has 0 radical (unpaired) electrons. The molecule has 140 valence electrons. The number of urea groups is 1. The Morgan fingerprint density at radius 1 is 1.15 bits per heavy atom. The first-order valence-electron chi connectivity index (χ1n) is 8.46. The lowest BCUT2D eigenvalue weighted by atomic mass is 9.92. The van der Waals surface area contributed by atoms with Crippen LogP contribution in [0.1, 0.15) is 26.3 Å². The molecule has 1 aliphatic rings. The van der Waals surface area contributed by atoms with Crippen LogP contribution in [0.4, 0.5) is 4.79 Å². The molecule has 0 aromatic heterocycles. The van der Waals surface area contributed by atoms with E-state index in [9.17, 15) is 19.2 Å². The number of ether oxygens (including phenoxy) is 1. The maximum atomic E-state index is 12.7. The highest BCUT2D eigenvalue weighted by Gasteiger charge is 2.49. The summed E-state index contributed by atoms with van der Waals surface area (Å²) in [4.78, 5) is 51.0. The molecule has 1 fully saturated rings. The van der Waals surface area contributed by atoms with Crippen molar-refractivity contribution < 1.29 is 23.9 Å². The summed E-state index contributed by atoms with van der Waals surface area (Å²) in [7, 11) is 0. The number of hydrogen-bond acceptors (Lipinski definition) is 5. The molecule has 8 nitrogen and oxygen atoms in total. The lowest BCUT2D eigenvalue weighted by Crippen LogP contribution is -2.42. The first-order chi connectivity index (χ1) is 12.3. The van der Waals surface area contributed by atoms with Crippen LogP contribution in [0.25, 0.3) is 0 Å². The van der Waals surface area contributed by atoms with Crippen molar-refractivity contribution in [1.29, 1.82) is 0 Å². The topological polar surface area (TPSA) is 96.0 Å². The zero-order valence-corrected chi connectivity index (χ0v) is 15.2. The second-order valence-corrected chi connectivity index (χ2v) is 6.04. The number of carbonyl (C=O) groups excluding carboxylic acids is 4. The molecule has 1 aliphatic heterocycles. The quantitative estimate of drug-likeness (QED) is 0.574. The molecule has 1 aromatic carbocycles. The van der Waals surface area contributed by atoms with E-state index in [4.69, 9.17) is 4.74 Å². The maximum Gasteiger partial charge on any atom is 0.326 e. The lowest BCUT2D eigenvalue weighted by molar-refractivity contribution is -0.153. The Balaban J connectivity index is 1.99. The molecule has 0 spiro atoms. The number of likely N-dealkylation sites (N-methyl/N-ethyl adjacent to an activating group) is 1. The van der Waals surface area contributed by atoms with Crippen molar-refractivity contribution in [2.45, 2.75) is 26.3 Å². The predicted molar refractivity (Wildman–Crippen MR) is 92.9 cm³/mol. The average molecular weight is 361 g/mol. The molecule has 0 aliphatic carbocycles. The number of imide groups is 1. The summed E-state index contributed by atoms with van der Waals surface area (Å²) in [5, 5.41) is 2.61. The van der Waals surface area contributed by atoms with Gasteiger partial charge in [-0.3, -0.25) is 19.3 Å². The number of benzene rings is 1. The third-order valence-electron chi connectivity index (χ3n) is 4.39. The number of nitrogens with zero attached hydrogens (tertiary/aromatic N) is 2. The van der Waals surface area contributed by atoms with Crippen LogP contribution in [-0.4, -0.2) is 59.9 Å². The van der Waals surface area contributed by atoms with E-state index in [0.29, 0.717) is 18.7 Å². The van der Waals surface area contributed by atoms with Crippen LogP contribution >= 0.6 is 0 Å². The Labute approximate surface area is 152 Å². The highest BCUT2D eigenvalue weighted by atomic mass is 16.5. The third-order valence-corrected chi connectivity index (χ3v) is 4.39. The maximum absolute atomic E-state index is 12.7. The first-order valence-corrected chi connectivity index (χ1v) is 8.46. The Morgan fingerprint density at radius 3 is 2.35 bits per heavy atom. The van der Waals surface area contributed by atoms with Crippen molar-refractivity contribution in [3.63, 3.8) is 0 Å². The molecule has 0 saturated carbocycles. The Hall–Kier alpha value is -2.90. The van der Waals surface area contributed by atoms with E-state index >= 15 is 0 Å². The number of amides is 4. The van der Waals surface area contributed by atoms with Crippen LogP contribution in [0.5, 0.6) is 0 Å². The lowest BCUT2D eigenvalue weighted by Gasteiger charge is -2.22. The minimum absolute atomic E-state index is 0.324. The SMILES string of the molecule is CCN(CC)C(=O)COC(=O)CN1C(=O)N[C@](C)(c2ccccc2)C1=O. The molecule has 2 rings (SSSR count). The largest absolute Gasteiger partial charge is 0.454 e. The molecule has 1 N–H and O–H groups in total. The summed E-state index contributed by atoms with van der Waals surface area (Å²) in [6.45, 7) is 5.28. The van der Waals surface area contributed by atoms with Gasteiger partial charge in [-0.2, -0.15) is 0 Å². The molecule has 4 amide bonds. The van der Waals surface area contributed by atoms with Crippen molar-refractivity contribution in [1.82, 2.24) is 15.1 Å². The van der Waals surface area contributed by atoms with E-state index in [0.717, 1.165) is 4.90 Å². The van der Waals surface area contributed by atoms with Gasteiger partial charge in [0, 0.05) is 13.1 Å². The average Bonchev–Trinajstić information content (AvgIpc) is 2.86. The van der Waals surface area contributed by atoms with Gasteiger partial charge in [0.15, 0.2) is 6.61 Å². The summed E-state index contributed by atoms with van der Waals surface area (Å²) in [5.41, 5.74) is -0.624. The molecule has 1 atom stereocenters. The van der Waals surface area contributed by atoms with Crippen LogP contribution in [0.3, 0.4) is 0 Å². The van der Waals surface area contributed by atoms with E-state index in [1.165, 1.54) is 4.90 Å². The molecule has 0 bridgehead atoms. The van der Waals surface area contributed by atoms with Crippen LogP contribution < -0.4 is 5.32 Å². The van der Waals surface area contributed by atoms with Crippen molar-refractivity contribution in [2.24, 2.45) is 0 Å². The number of hydrogen-bond donors (Lipinski definition) is 1. The van der Waals surface area contributed by atoms with E-state index in [2.05, 4.69) is 5.32 Å². The van der Waals surface area contributed by atoms with Gasteiger partial charge in [0.1, 0.15) is 12.1 Å². The zero-order chi connectivity index (χ0) is 19.3. The van der Waals surface area contributed by atoms with E-state index < -0.39 is 36.6 Å². The van der Waals surface area contributed by atoms with Crippen molar-refractivity contribution in [2.75, 3.05) is 26.2 Å². The fraction of sp³-hybridized carbons (Fsp3) is 0.444. The fourth-order valence-electron chi connectivity index (χ4n) is 2.79. The number of rotatable bonds is 7. The fourth-order valence-corrected chi connectivity index (χ4v) is 2.79. The smallest absolute Gasteiger partial charge is 0.326 e. The van der Waals surface area contributed by atoms with Crippen molar-refractivity contribution in [3.05, 3.63) is 35.9 Å². The molecular weight excluding hydrogens is 338 g/mol. The summed E-state index contributed by atoms with van der Waals surface area (Å²) < 4.78 is 4.92. The molecule has 8 heteroatoms. The monoisotopic (exact) mass is 361 g/mol. The van der Waals surface area contributed by atoms with E-state index in [1.54, 1.807) is 37.3 Å². The van der Waals surface area contributed by atoms with Gasteiger partial charge in [-0.25, -0.2) is 4.79 Å². The Kier molecular flexibility index (Phi) is 5.97. The van der Waals surface area contributed by atoms with Crippen LogP contribution in [0.15, 0.2) is 30.3 Å². The summed E-state index contributed by atoms with van der Waals surface area (Å²) in [6.07, 6.45) is 0. The minimum Gasteiger partial charge on any atom is -0.454 e.